The van der Waals surface area contributed by atoms with Crippen LogP contribution < -0.4 is 10.0 Å². The molecule has 144 valence electrons. The van der Waals surface area contributed by atoms with E-state index in [1.807, 2.05) is 0 Å². The van der Waals surface area contributed by atoms with Crippen molar-refractivity contribution >= 4 is 21.6 Å². The minimum Gasteiger partial charge on any atom is -0.319 e. The lowest BCUT2D eigenvalue weighted by Crippen LogP contribution is -2.36. The molecule has 3 rings (SSSR count). The molecule has 0 bridgehead atoms. The average Bonchev–Trinajstić information content (AvgIpc) is 2.64. The molecule has 2 aromatic rings. The van der Waals surface area contributed by atoms with E-state index in [2.05, 4.69) is 10.0 Å². The molecule has 1 aliphatic carbocycles. The van der Waals surface area contributed by atoms with Crippen LogP contribution in [0.3, 0.4) is 0 Å². The zero-order valence-electron chi connectivity index (χ0n) is 14.5. The highest BCUT2D eigenvalue weighted by Gasteiger charge is 2.22. The molecule has 5 nitrogen and oxygen atoms in total. The lowest BCUT2D eigenvalue weighted by molar-refractivity contribution is 0.102. The van der Waals surface area contributed by atoms with E-state index in [4.69, 9.17) is 0 Å². The molecule has 2 aromatic carbocycles. The summed E-state index contributed by atoms with van der Waals surface area (Å²) < 4.78 is 54.1. The Morgan fingerprint density at radius 3 is 2.26 bits per heavy atom. The van der Waals surface area contributed by atoms with Gasteiger partial charge in [-0.1, -0.05) is 19.3 Å². The van der Waals surface area contributed by atoms with Gasteiger partial charge < -0.3 is 5.32 Å². The van der Waals surface area contributed by atoms with Gasteiger partial charge in [-0.2, -0.15) is 0 Å². The Hall–Kier alpha value is -2.32. The van der Waals surface area contributed by atoms with Crippen LogP contribution in [0.2, 0.25) is 0 Å². The van der Waals surface area contributed by atoms with E-state index in [0.717, 1.165) is 44.2 Å². The highest BCUT2D eigenvalue weighted by molar-refractivity contribution is 7.89. The maximum absolute atomic E-state index is 13.6. The molecular weight excluding hydrogens is 374 g/mol. The molecule has 0 heterocycles. The van der Waals surface area contributed by atoms with Crippen molar-refractivity contribution in [3.8, 4) is 0 Å². The molecule has 0 saturated heterocycles. The highest BCUT2D eigenvalue weighted by Crippen LogP contribution is 2.21. The number of anilines is 1. The normalized spacial score (nSPS) is 15.5. The van der Waals surface area contributed by atoms with Gasteiger partial charge in [0.2, 0.25) is 10.0 Å². The number of rotatable bonds is 5. The Bertz CT molecular complexity index is 924. The van der Waals surface area contributed by atoms with E-state index in [9.17, 15) is 22.0 Å². The zero-order valence-corrected chi connectivity index (χ0v) is 15.4. The standard InChI is InChI=1S/C19H20F2N2O3S/c20-14-8-11-18(17(21)12-14)22-19(24)13-6-9-16(10-7-13)27(25,26)23-15-4-2-1-3-5-15/h6-12,15,23H,1-5H2,(H,22,24). The van der Waals surface area contributed by atoms with E-state index in [0.29, 0.717) is 6.07 Å². The largest absolute Gasteiger partial charge is 0.319 e. The second-order valence-electron chi connectivity index (χ2n) is 6.56. The van der Waals surface area contributed by atoms with Gasteiger partial charge in [0.1, 0.15) is 11.6 Å². The molecule has 1 fully saturated rings. The Morgan fingerprint density at radius 2 is 1.63 bits per heavy atom. The van der Waals surface area contributed by atoms with Crippen molar-refractivity contribution in [2.24, 2.45) is 0 Å². The van der Waals surface area contributed by atoms with Crippen molar-refractivity contribution in [3.05, 3.63) is 59.7 Å². The van der Waals surface area contributed by atoms with Gasteiger partial charge in [-0.05, 0) is 49.2 Å². The third-order valence-electron chi connectivity index (χ3n) is 4.53. The predicted molar refractivity (Wildman–Crippen MR) is 97.9 cm³/mol. The Morgan fingerprint density at radius 1 is 0.963 bits per heavy atom. The number of hydrogen-bond acceptors (Lipinski definition) is 3. The van der Waals surface area contributed by atoms with Gasteiger partial charge >= 0.3 is 0 Å². The van der Waals surface area contributed by atoms with E-state index >= 15 is 0 Å². The van der Waals surface area contributed by atoms with Crippen molar-refractivity contribution in [2.75, 3.05) is 5.32 Å². The third-order valence-corrected chi connectivity index (χ3v) is 6.07. The minimum absolute atomic E-state index is 0.0619. The van der Waals surface area contributed by atoms with Gasteiger partial charge in [-0.25, -0.2) is 21.9 Å². The number of carbonyl (C=O) groups excluding carboxylic acids is 1. The number of amides is 1. The molecule has 27 heavy (non-hydrogen) atoms. The summed E-state index contributed by atoms with van der Waals surface area (Å²) in [4.78, 5) is 12.3. The molecule has 0 spiro atoms. The fraction of sp³-hybridized carbons (Fsp3) is 0.316. The van der Waals surface area contributed by atoms with Crippen LogP contribution in [0.15, 0.2) is 47.4 Å². The summed E-state index contributed by atoms with van der Waals surface area (Å²) in [6.45, 7) is 0. The van der Waals surface area contributed by atoms with Gasteiger partial charge in [0, 0.05) is 17.7 Å². The van der Waals surface area contributed by atoms with Gasteiger partial charge in [0.25, 0.3) is 5.91 Å². The Labute approximate surface area is 156 Å². The van der Waals surface area contributed by atoms with Crippen LogP contribution in [0, 0.1) is 11.6 Å². The Kier molecular flexibility index (Phi) is 5.86. The van der Waals surface area contributed by atoms with Crippen LogP contribution in [0.4, 0.5) is 14.5 Å². The van der Waals surface area contributed by atoms with Gasteiger partial charge in [0.05, 0.1) is 10.6 Å². The quantitative estimate of drug-likeness (QED) is 0.809. The van der Waals surface area contributed by atoms with E-state index in [-0.39, 0.29) is 22.2 Å². The van der Waals surface area contributed by atoms with Crippen LogP contribution in [0.1, 0.15) is 42.5 Å². The second kappa shape index (κ2) is 8.14. The summed E-state index contributed by atoms with van der Waals surface area (Å²) in [5.41, 5.74) is 0.00686. The van der Waals surface area contributed by atoms with Crippen molar-refractivity contribution in [2.45, 2.75) is 43.0 Å². The van der Waals surface area contributed by atoms with Crippen molar-refractivity contribution in [3.63, 3.8) is 0 Å². The molecule has 0 radical (unpaired) electrons. The molecule has 0 aromatic heterocycles. The van der Waals surface area contributed by atoms with E-state index in [1.54, 1.807) is 0 Å². The first-order chi connectivity index (χ1) is 12.8. The molecule has 1 aliphatic rings. The Balaban J connectivity index is 1.69. The summed E-state index contributed by atoms with van der Waals surface area (Å²) >= 11 is 0. The molecular formula is C19H20F2N2O3S. The first-order valence-electron chi connectivity index (χ1n) is 8.74. The van der Waals surface area contributed by atoms with Crippen molar-refractivity contribution < 1.29 is 22.0 Å². The number of halogens is 2. The summed E-state index contributed by atoms with van der Waals surface area (Å²) in [5, 5.41) is 2.33. The van der Waals surface area contributed by atoms with E-state index in [1.165, 1.54) is 24.3 Å². The van der Waals surface area contributed by atoms with Crippen molar-refractivity contribution in [1.82, 2.24) is 4.72 Å². The number of benzene rings is 2. The first kappa shape index (κ1) is 19.4. The molecule has 0 atom stereocenters. The predicted octanol–water partition coefficient (Wildman–Crippen LogP) is 3.83. The number of hydrogen-bond donors (Lipinski definition) is 2. The summed E-state index contributed by atoms with van der Waals surface area (Å²) in [5.74, 6) is -2.26. The minimum atomic E-state index is -3.66. The lowest BCUT2D eigenvalue weighted by atomic mass is 9.96. The maximum Gasteiger partial charge on any atom is 0.255 e. The van der Waals surface area contributed by atoms with Gasteiger partial charge in [-0.3, -0.25) is 4.79 Å². The van der Waals surface area contributed by atoms with Crippen LogP contribution >= 0.6 is 0 Å². The fourth-order valence-electron chi connectivity index (χ4n) is 3.08. The van der Waals surface area contributed by atoms with Gasteiger partial charge in [-0.15, -0.1) is 0 Å². The fourth-order valence-corrected chi connectivity index (χ4v) is 4.38. The van der Waals surface area contributed by atoms with Crippen LogP contribution in [0.5, 0.6) is 0 Å². The van der Waals surface area contributed by atoms with Crippen LogP contribution in [-0.2, 0) is 10.0 Å². The number of sulfonamides is 1. The zero-order chi connectivity index (χ0) is 19.4. The smallest absolute Gasteiger partial charge is 0.255 e. The molecule has 8 heteroatoms. The summed E-state index contributed by atoms with van der Waals surface area (Å²) in [6.07, 6.45) is 4.78. The molecule has 0 aliphatic heterocycles. The maximum atomic E-state index is 13.6. The third kappa shape index (κ3) is 4.90. The summed E-state index contributed by atoms with van der Waals surface area (Å²) in [6, 6.07) is 8.14. The monoisotopic (exact) mass is 394 g/mol. The topological polar surface area (TPSA) is 75.3 Å². The SMILES string of the molecule is O=C(Nc1ccc(F)cc1F)c1ccc(S(=O)(=O)NC2CCCCC2)cc1. The highest BCUT2D eigenvalue weighted by atomic mass is 32.2. The second-order valence-corrected chi connectivity index (χ2v) is 8.27. The van der Waals surface area contributed by atoms with Crippen molar-refractivity contribution in [1.29, 1.82) is 0 Å². The molecule has 1 saturated carbocycles. The van der Waals surface area contributed by atoms with Crippen LogP contribution in [0.25, 0.3) is 0 Å². The van der Waals surface area contributed by atoms with Crippen LogP contribution in [-0.4, -0.2) is 20.4 Å². The van der Waals surface area contributed by atoms with E-state index < -0.39 is 27.6 Å². The summed E-state index contributed by atoms with van der Waals surface area (Å²) in [7, 11) is -3.66. The number of nitrogens with one attached hydrogen (secondary N) is 2. The number of carbonyl (C=O) groups is 1. The van der Waals surface area contributed by atoms with Gasteiger partial charge in [0.15, 0.2) is 0 Å². The first-order valence-corrected chi connectivity index (χ1v) is 10.2. The molecule has 1 amide bonds. The molecule has 0 unspecified atom stereocenters. The lowest BCUT2D eigenvalue weighted by Gasteiger charge is -2.22. The average molecular weight is 394 g/mol. The molecule has 2 N–H and O–H groups in total.